The first-order valence-electron chi connectivity index (χ1n) is 9.19. The van der Waals surface area contributed by atoms with Gasteiger partial charge in [0.15, 0.2) is 0 Å². The number of carbonyl (C=O) groups is 4. The number of carboxylic acids is 4. The van der Waals surface area contributed by atoms with E-state index in [1.807, 2.05) is 0 Å². The Bertz CT molecular complexity index is 1180. The van der Waals surface area contributed by atoms with Crippen molar-refractivity contribution in [1.29, 1.82) is 0 Å². The molecule has 4 aromatic carbocycles. The average molecular weight is 524 g/mol. The molecule has 0 unspecified atom stereocenters. The van der Waals surface area contributed by atoms with Crippen molar-refractivity contribution < 1.29 is 65.8 Å². The number of hydrogen-bond donors (Lipinski definition) is 4. The van der Waals surface area contributed by atoms with Crippen LogP contribution in [0.4, 0.5) is 0 Å². The topological polar surface area (TPSA) is 149 Å². The second-order valence-electron chi connectivity index (χ2n) is 6.63. The van der Waals surface area contributed by atoms with E-state index < -0.39 is 23.9 Å². The maximum atomic E-state index is 10.9. The molecule has 0 saturated carbocycles. The summed E-state index contributed by atoms with van der Waals surface area (Å²) in [5, 5.41) is 37.6. The minimum absolute atomic E-state index is 0. The van der Waals surface area contributed by atoms with E-state index in [2.05, 4.69) is 0 Å². The minimum atomic E-state index is -1.06. The summed E-state index contributed by atoms with van der Waals surface area (Å²) in [5.74, 6) is -4.25. The number of aromatic carboxylic acids is 4. The van der Waals surface area contributed by atoms with Gasteiger partial charge in [-0.05, 0) is 45.8 Å². The van der Waals surface area contributed by atoms with Gasteiger partial charge in [-0.1, -0.05) is 48.5 Å². The van der Waals surface area contributed by atoms with Crippen LogP contribution < -0.4 is 0 Å². The summed E-state index contributed by atoms with van der Waals surface area (Å²) in [6, 6.07) is 18.4. The predicted octanol–water partition coefficient (Wildman–Crippen LogP) is 4.47. The van der Waals surface area contributed by atoms with E-state index in [4.69, 9.17) is 20.4 Å². The zero-order valence-corrected chi connectivity index (χ0v) is 19.3. The van der Waals surface area contributed by atoms with Gasteiger partial charge in [0.2, 0.25) is 0 Å². The van der Waals surface area contributed by atoms with Gasteiger partial charge in [0.05, 0.1) is 22.3 Å². The molecule has 0 bridgehead atoms. The number of carboxylic acid groups (broad SMARTS) is 4. The van der Waals surface area contributed by atoms with E-state index >= 15 is 0 Å². The monoisotopic (exact) mass is 522 g/mol. The minimum Gasteiger partial charge on any atom is -0.478 e. The summed E-state index contributed by atoms with van der Waals surface area (Å²) in [4.78, 5) is 43.8. The SMILES string of the molecule is O=C(O)c1ccc(C(=O)O)c2ccccc12.O=C(O)c1ccc(C(=O)O)c2ccccc12.[Zr]. The fraction of sp³-hybridized carbons (Fsp3) is 0. The van der Waals surface area contributed by atoms with E-state index in [0.29, 0.717) is 21.5 Å². The van der Waals surface area contributed by atoms with Gasteiger partial charge in [-0.25, -0.2) is 19.2 Å². The molecule has 0 aliphatic rings. The number of fused-ring (bicyclic) bond motifs is 2. The largest absolute Gasteiger partial charge is 0.478 e. The second-order valence-corrected chi connectivity index (χ2v) is 6.63. The van der Waals surface area contributed by atoms with Crippen LogP contribution in [0.25, 0.3) is 21.5 Å². The molecule has 0 atom stereocenters. The van der Waals surface area contributed by atoms with Crippen LogP contribution in [0, 0.1) is 0 Å². The van der Waals surface area contributed by atoms with Crippen molar-refractivity contribution in [3.05, 3.63) is 95.1 Å². The molecule has 0 heterocycles. The van der Waals surface area contributed by atoms with Gasteiger partial charge in [0.1, 0.15) is 0 Å². The normalized spacial score (nSPS) is 9.94. The Hall–Kier alpha value is -3.84. The van der Waals surface area contributed by atoms with Crippen LogP contribution >= 0.6 is 0 Å². The molecule has 0 aliphatic carbocycles. The van der Waals surface area contributed by atoms with Gasteiger partial charge >= 0.3 is 23.9 Å². The van der Waals surface area contributed by atoms with E-state index in [1.54, 1.807) is 48.5 Å². The first kappa shape index (κ1) is 25.4. The zero-order chi connectivity index (χ0) is 23.4. The maximum Gasteiger partial charge on any atom is 0.336 e. The Balaban J connectivity index is 0.000000227. The van der Waals surface area contributed by atoms with Crippen molar-refractivity contribution in [1.82, 2.24) is 0 Å². The Labute approximate surface area is 205 Å². The quantitative estimate of drug-likeness (QED) is 0.306. The molecule has 33 heavy (non-hydrogen) atoms. The summed E-state index contributed by atoms with van der Waals surface area (Å²) in [7, 11) is 0. The summed E-state index contributed by atoms with van der Waals surface area (Å²) in [6.07, 6.45) is 0. The predicted molar refractivity (Wildman–Crippen MR) is 116 cm³/mol. The van der Waals surface area contributed by atoms with Crippen LogP contribution in [0.1, 0.15) is 41.4 Å². The Morgan fingerprint density at radius 1 is 0.394 bits per heavy atom. The van der Waals surface area contributed by atoms with Gasteiger partial charge in [-0.15, -0.1) is 0 Å². The Morgan fingerprint density at radius 2 is 0.576 bits per heavy atom. The maximum absolute atomic E-state index is 10.9. The van der Waals surface area contributed by atoms with E-state index in [1.165, 1.54) is 24.3 Å². The molecule has 4 N–H and O–H groups in total. The van der Waals surface area contributed by atoms with Crippen molar-refractivity contribution in [2.24, 2.45) is 0 Å². The van der Waals surface area contributed by atoms with E-state index in [-0.39, 0.29) is 48.5 Å². The van der Waals surface area contributed by atoms with Crippen molar-refractivity contribution in [3.63, 3.8) is 0 Å². The third-order valence-corrected chi connectivity index (χ3v) is 4.77. The molecule has 0 spiro atoms. The van der Waals surface area contributed by atoms with E-state index in [0.717, 1.165) is 0 Å². The molecular formula is C24H16O8Zr. The molecule has 4 aromatic rings. The molecule has 9 heteroatoms. The van der Waals surface area contributed by atoms with Gasteiger partial charge in [-0.2, -0.15) is 0 Å². The third-order valence-electron chi connectivity index (χ3n) is 4.77. The standard InChI is InChI=1S/2C12H8O4.Zr/c2*13-11(14)9-5-6-10(12(15)16)8-4-2-1-3-7(8)9;/h2*1-6H,(H,13,14)(H,15,16);. The summed E-state index contributed by atoms with van der Waals surface area (Å²) in [5.41, 5.74) is 0.447. The van der Waals surface area contributed by atoms with Crippen LogP contribution in [0.5, 0.6) is 0 Å². The molecule has 0 fully saturated rings. The number of hydrogen-bond acceptors (Lipinski definition) is 4. The van der Waals surface area contributed by atoms with Gasteiger partial charge in [-0.3, -0.25) is 0 Å². The van der Waals surface area contributed by atoms with Gasteiger partial charge in [0.25, 0.3) is 0 Å². The fourth-order valence-electron chi connectivity index (χ4n) is 3.34. The number of benzene rings is 4. The molecule has 0 aromatic heterocycles. The first-order valence-corrected chi connectivity index (χ1v) is 9.19. The summed E-state index contributed by atoms with van der Waals surface area (Å²) in [6.45, 7) is 0. The molecule has 8 nitrogen and oxygen atoms in total. The molecular weight excluding hydrogens is 507 g/mol. The van der Waals surface area contributed by atoms with Crippen LogP contribution in [0.15, 0.2) is 72.8 Å². The smallest absolute Gasteiger partial charge is 0.336 e. The van der Waals surface area contributed by atoms with Crippen molar-refractivity contribution >= 4 is 45.4 Å². The van der Waals surface area contributed by atoms with Gasteiger partial charge in [0, 0.05) is 26.2 Å². The molecule has 0 aliphatic heterocycles. The average Bonchev–Trinajstić information content (AvgIpc) is 2.77. The van der Waals surface area contributed by atoms with Crippen molar-refractivity contribution in [2.75, 3.05) is 0 Å². The molecule has 4 rings (SSSR count). The Kier molecular flexibility index (Phi) is 8.21. The van der Waals surface area contributed by atoms with E-state index in [9.17, 15) is 19.2 Å². The second kappa shape index (κ2) is 10.7. The van der Waals surface area contributed by atoms with Gasteiger partial charge < -0.3 is 20.4 Å². The fourth-order valence-corrected chi connectivity index (χ4v) is 3.34. The summed E-state index contributed by atoms with van der Waals surface area (Å²) < 4.78 is 0. The van der Waals surface area contributed by atoms with Crippen LogP contribution in [0.3, 0.4) is 0 Å². The van der Waals surface area contributed by atoms with Crippen molar-refractivity contribution in [2.45, 2.75) is 0 Å². The molecule has 0 amide bonds. The third kappa shape index (κ3) is 5.33. The molecule has 164 valence electrons. The zero-order valence-electron chi connectivity index (χ0n) is 16.9. The molecule has 0 saturated heterocycles. The molecule has 0 radical (unpaired) electrons. The number of rotatable bonds is 4. The van der Waals surface area contributed by atoms with Crippen molar-refractivity contribution in [3.8, 4) is 0 Å². The van der Waals surface area contributed by atoms with Crippen LogP contribution in [0.2, 0.25) is 0 Å². The van der Waals surface area contributed by atoms with Crippen LogP contribution in [-0.4, -0.2) is 44.3 Å². The summed E-state index contributed by atoms with van der Waals surface area (Å²) >= 11 is 0. The first-order chi connectivity index (χ1) is 15.2. The Morgan fingerprint density at radius 3 is 0.727 bits per heavy atom. The van der Waals surface area contributed by atoms with Crippen LogP contribution in [-0.2, 0) is 26.2 Å².